The van der Waals surface area contributed by atoms with Crippen LogP contribution in [0.25, 0.3) is 0 Å². The summed E-state index contributed by atoms with van der Waals surface area (Å²) in [7, 11) is 0. The van der Waals surface area contributed by atoms with Crippen LogP contribution in [0.3, 0.4) is 0 Å². The molecule has 1 aliphatic rings. The van der Waals surface area contributed by atoms with E-state index in [4.69, 9.17) is 5.73 Å². The van der Waals surface area contributed by atoms with E-state index >= 15 is 0 Å². The molecule has 0 saturated heterocycles. The van der Waals surface area contributed by atoms with Gasteiger partial charge in [0.2, 0.25) is 0 Å². The zero-order valence-corrected chi connectivity index (χ0v) is 11.9. The number of thioether (sulfide) groups is 1. The molecule has 1 aromatic carbocycles. The number of hydrogen-bond donors (Lipinski definition) is 1. The fourth-order valence-corrected chi connectivity index (χ4v) is 4.00. The van der Waals surface area contributed by atoms with E-state index < -0.39 is 0 Å². The van der Waals surface area contributed by atoms with Gasteiger partial charge in [-0.1, -0.05) is 26.0 Å². The van der Waals surface area contributed by atoms with Crippen LogP contribution in [0, 0.1) is 18.8 Å². The Bertz CT molecular complexity index is 389. The Morgan fingerprint density at radius 1 is 1.18 bits per heavy atom. The van der Waals surface area contributed by atoms with Crippen molar-refractivity contribution in [1.29, 1.82) is 0 Å². The fraction of sp³-hybridized carbons (Fsp3) is 0.600. The Morgan fingerprint density at radius 3 is 2.65 bits per heavy atom. The lowest BCUT2D eigenvalue weighted by molar-refractivity contribution is 0.283. The van der Waals surface area contributed by atoms with Crippen LogP contribution in [0.15, 0.2) is 23.1 Å². The molecule has 0 spiro atoms. The van der Waals surface area contributed by atoms with E-state index in [1.54, 1.807) is 0 Å². The van der Waals surface area contributed by atoms with Crippen LogP contribution in [-0.4, -0.2) is 5.25 Å². The first kappa shape index (κ1) is 12.8. The van der Waals surface area contributed by atoms with Gasteiger partial charge in [0.1, 0.15) is 0 Å². The second-order valence-electron chi connectivity index (χ2n) is 5.49. The second-order valence-corrected chi connectivity index (χ2v) is 6.84. The Labute approximate surface area is 109 Å². The van der Waals surface area contributed by atoms with Crippen LogP contribution in [0.5, 0.6) is 0 Å². The predicted molar refractivity (Wildman–Crippen MR) is 77.4 cm³/mol. The maximum Gasteiger partial charge on any atom is 0.0482 e. The molecule has 3 atom stereocenters. The summed E-state index contributed by atoms with van der Waals surface area (Å²) < 4.78 is 0. The van der Waals surface area contributed by atoms with Gasteiger partial charge >= 0.3 is 0 Å². The lowest BCUT2D eigenvalue weighted by Gasteiger charge is -2.31. The number of rotatable bonds is 2. The third kappa shape index (κ3) is 2.98. The average Bonchev–Trinajstić information content (AvgIpc) is 2.30. The van der Waals surface area contributed by atoms with Gasteiger partial charge in [-0.15, -0.1) is 11.8 Å². The van der Waals surface area contributed by atoms with E-state index in [9.17, 15) is 0 Å². The molecular formula is C15H23NS. The van der Waals surface area contributed by atoms with E-state index in [0.717, 1.165) is 22.8 Å². The molecule has 0 heterocycles. The summed E-state index contributed by atoms with van der Waals surface area (Å²) in [5.41, 5.74) is 8.32. The quantitative estimate of drug-likeness (QED) is 0.781. The summed E-state index contributed by atoms with van der Waals surface area (Å²) in [6, 6.07) is 6.36. The minimum Gasteiger partial charge on any atom is -0.398 e. The Balaban J connectivity index is 2.04. The van der Waals surface area contributed by atoms with Crippen molar-refractivity contribution in [3.63, 3.8) is 0 Å². The number of anilines is 1. The molecule has 2 heteroatoms. The Kier molecular flexibility index (Phi) is 4.03. The van der Waals surface area contributed by atoms with Crippen LogP contribution in [-0.2, 0) is 0 Å². The molecule has 0 aliphatic heterocycles. The van der Waals surface area contributed by atoms with Crippen molar-refractivity contribution in [2.45, 2.75) is 50.2 Å². The predicted octanol–water partition coefficient (Wildman–Crippen LogP) is 4.49. The molecule has 1 nitrogen and oxygen atoms in total. The lowest BCUT2D eigenvalue weighted by atomic mass is 9.81. The molecule has 0 amide bonds. The van der Waals surface area contributed by atoms with Crippen molar-refractivity contribution in [3.8, 4) is 0 Å². The minimum atomic E-state index is 0.755. The highest BCUT2D eigenvalue weighted by atomic mass is 32.2. The molecule has 1 saturated carbocycles. The zero-order chi connectivity index (χ0) is 12.4. The van der Waals surface area contributed by atoms with Crippen molar-refractivity contribution in [3.05, 3.63) is 23.8 Å². The Hall–Kier alpha value is -0.630. The molecule has 0 radical (unpaired) electrons. The largest absolute Gasteiger partial charge is 0.398 e. The molecule has 17 heavy (non-hydrogen) atoms. The first-order valence-corrected chi connectivity index (χ1v) is 7.47. The van der Waals surface area contributed by atoms with E-state index in [2.05, 4.69) is 39.0 Å². The highest BCUT2D eigenvalue weighted by Crippen LogP contribution is 2.40. The van der Waals surface area contributed by atoms with Crippen molar-refractivity contribution in [2.24, 2.45) is 11.8 Å². The number of benzene rings is 1. The van der Waals surface area contributed by atoms with Gasteiger partial charge < -0.3 is 5.73 Å². The van der Waals surface area contributed by atoms with E-state index in [1.165, 1.54) is 29.7 Å². The van der Waals surface area contributed by atoms with Crippen LogP contribution in [0.1, 0.15) is 38.7 Å². The first-order valence-electron chi connectivity index (χ1n) is 6.59. The van der Waals surface area contributed by atoms with Gasteiger partial charge in [-0.3, -0.25) is 0 Å². The molecule has 3 unspecified atom stereocenters. The molecule has 2 N–H and O–H groups in total. The van der Waals surface area contributed by atoms with E-state index in [0.29, 0.717) is 0 Å². The summed E-state index contributed by atoms with van der Waals surface area (Å²) in [4.78, 5) is 1.27. The summed E-state index contributed by atoms with van der Waals surface area (Å²) >= 11 is 1.99. The summed E-state index contributed by atoms with van der Waals surface area (Å²) in [5.74, 6) is 1.74. The van der Waals surface area contributed by atoms with Crippen molar-refractivity contribution in [2.75, 3.05) is 5.73 Å². The lowest BCUT2D eigenvalue weighted by Crippen LogP contribution is -2.22. The van der Waals surface area contributed by atoms with Crippen LogP contribution < -0.4 is 5.73 Å². The minimum absolute atomic E-state index is 0.755. The second kappa shape index (κ2) is 5.34. The molecule has 0 aromatic heterocycles. The normalized spacial score (nSPS) is 29.2. The number of para-hydroxylation sites is 1. The molecule has 1 aliphatic carbocycles. The molecular weight excluding hydrogens is 226 g/mol. The van der Waals surface area contributed by atoms with Crippen LogP contribution in [0.4, 0.5) is 5.69 Å². The number of nitrogens with two attached hydrogens (primary N) is 1. The van der Waals surface area contributed by atoms with Gasteiger partial charge in [-0.25, -0.2) is 0 Å². The maximum atomic E-state index is 6.14. The van der Waals surface area contributed by atoms with E-state index in [1.807, 2.05) is 11.8 Å². The third-order valence-electron chi connectivity index (χ3n) is 4.13. The smallest absolute Gasteiger partial charge is 0.0482 e. The molecule has 94 valence electrons. The van der Waals surface area contributed by atoms with Gasteiger partial charge in [0.15, 0.2) is 0 Å². The summed E-state index contributed by atoms with van der Waals surface area (Å²) in [6.07, 6.45) is 4.04. The monoisotopic (exact) mass is 249 g/mol. The van der Waals surface area contributed by atoms with Gasteiger partial charge in [-0.05, 0) is 49.7 Å². The first-order chi connectivity index (χ1) is 8.08. The number of hydrogen-bond acceptors (Lipinski definition) is 2. The molecule has 1 fully saturated rings. The Morgan fingerprint density at radius 2 is 1.94 bits per heavy atom. The highest BCUT2D eigenvalue weighted by Gasteiger charge is 2.25. The van der Waals surface area contributed by atoms with Crippen LogP contribution >= 0.6 is 11.8 Å². The van der Waals surface area contributed by atoms with Gasteiger partial charge in [0, 0.05) is 15.8 Å². The molecule has 0 bridgehead atoms. The van der Waals surface area contributed by atoms with Gasteiger partial charge in [0.05, 0.1) is 0 Å². The highest BCUT2D eigenvalue weighted by molar-refractivity contribution is 8.00. The standard InChI is InChI=1S/C15H23NS/c1-10-7-8-13(9-12(10)3)17-14-6-4-5-11(2)15(14)16/h4-6,10,12-13H,7-9,16H2,1-3H3. The van der Waals surface area contributed by atoms with Crippen LogP contribution in [0.2, 0.25) is 0 Å². The number of aryl methyl sites for hydroxylation is 1. The summed E-state index contributed by atoms with van der Waals surface area (Å²) in [6.45, 7) is 6.86. The van der Waals surface area contributed by atoms with Crippen molar-refractivity contribution < 1.29 is 0 Å². The zero-order valence-electron chi connectivity index (χ0n) is 11.1. The SMILES string of the molecule is Cc1cccc(SC2CCC(C)C(C)C2)c1N. The third-order valence-corrected chi connectivity index (χ3v) is 5.50. The maximum absolute atomic E-state index is 6.14. The van der Waals surface area contributed by atoms with Gasteiger partial charge in [0.25, 0.3) is 0 Å². The average molecular weight is 249 g/mol. The molecule has 2 rings (SSSR count). The van der Waals surface area contributed by atoms with Crippen molar-refractivity contribution >= 4 is 17.4 Å². The van der Waals surface area contributed by atoms with Gasteiger partial charge in [-0.2, -0.15) is 0 Å². The van der Waals surface area contributed by atoms with E-state index in [-0.39, 0.29) is 0 Å². The molecule has 1 aromatic rings. The summed E-state index contributed by atoms with van der Waals surface area (Å²) in [5, 5.41) is 0.755. The number of nitrogen functional groups attached to an aromatic ring is 1. The van der Waals surface area contributed by atoms with Crippen molar-refractivity contribution in [1.82, 2.24) is 0 Å². The topological polar surface area (TPSA) is 26.0 Å². The fourth-order valence-electron chi connectivity index (χ4n) is 2.54.